The summed E-state index contributed by atoms with van der Waals surface area (Å²) in [6.45, 7) is 4.79. The summed E-state index contributed by atoms with van der Waals surface area (Å²) in [5.41, 5.74) is 29.3. The van der Waals surface area contributed by atoms with Crippen LogP contribution in [0.3, 0.4) is 0 Å². The van der Waals surface area contributed by atoms with Crippen molar-refractivity contribution in [3.8, 4) is 72.4 Å². The molecular weight excluding hydrogens is 1040 g/mol. The molecule has 0 atom stereocenters. The topological polar surface area (TPSA) is 8.17 Å². The van der Waals surface area contributed by atoms with Crippen LogP contribution in [-0.2, 0) is 10.8 Å². The first kappa shape index (κ1) is 48.7. The lowest BCUT2D eigenvalue weighted by Gasteiger charge is -2.33. The van der Waals surface area contributed by atoms with Crippen LogP contribution >= 0.6 is 0 Å². The van der Waals surface area contributed by atoms with E-state index in [4.69, 9.17) is 0 Å². The lowest BCUT2D eigenvalue weighted by Crippen LogP contribution is -2.26. The molecule has 0 saturated heterocycles. The van der Waals surface area contributed by atoms with Crippen molar-refractivity contribution in [2.24, 2.45) is 0 Å². The van der Waals surface area contributed by atoms with Crippen LogP contribution in [0.1, 0.15) is 47.2 Å². The quantitative estimate of drug-likeness (QED) is 0.154. The molecule has 0 radical (unpaired) electrons. The highest BCUT2D eigenvalue weighted by Crippen LogP contribution is 2.65. The number of hydrogen-bond acceptors (Lipinski definition) is 1. The predicted octanol–water partition coefficient (Wildman–Crippen LogP) is 22.2. The van der Waals surface area contributed by atoms with Crippen LogP contribution in [0.4, 0.5) is 17.1 Å². The number of fused-ring (bicyclic) bond motifs is 18. The molecule has 3 aliphatic rings. The minimum absolute atomic E-state index is 0.201. The lowest BCUT2D eigenvalue weighted by molar-refractivity contribution is 0.660. The van der Waals surface area contributed by atoms with E-state index < -0.39 is 5.41 Å². The zero-order valence-corrected chi connectivity index (χ0v) is 47.8. The number of nitrogens with zero attached hydrogens (tertiary/aromatic N) is 2. The molecule has 1 spiro atoms. The second-order valence-electron chi connectivity index (χ2n) is 24.2. The summed E-state index contributed by atoms with van der Waals surface area (Å²) in [7, 11) is 0. The predicted molar refractivity (Wildman–Crippen MR) is 361 cm³/mol. The number of rotatable bonds is 7. The van der Waals surface area contributed by atoms with E-state index in [2.05, 4.69) is 327 Å². The molecule has 0 bridgehead atoms. The first-order valence-corrected chi connectivity index (χ1v) is 30.2. The molecule has 0 amide bonds. The number of benzene rings is 14. The second-order valence-corrected chi connectivity index (χ2v) is 24.2. The van der Waals surface area contributed by atoms with Gasteiger partial charge in [-0.05, 0) is 154 Å². The average molecular weight is 1090 g/mol. The third-order valence-electron chi connectivity index (χ3n) is 19.6. The number of anilines is 3. The normalized spacial score (nSPS) is 13.7. The van der Waals surface area contributed by atoms with Gasteiger partial charge < -0.3 is 9.47 Å². The van der Waals surface area contributed by atoms with Crippen molar-refractivity contribution in [1.29, 1.82) is 0 Å². The molecule has 1 aromatic heterocycles. The zero-order valence-electron chi connectivity index (χ0n) is 47.8. The Labute approximate surface area is 500 Å². The van der Waals surface area contributed by atoms with E-state index in [9.17, 15) is 0 Å². The van der Waals surface area contributed by atoms with Gasteiger partial charge in [-0.25, -0.2) is 0 Å². The highest BCUT2D eigenvalue weighted by atomic mass is 15.1. The Morgan fingerprint density at radius 2 is 0.791 bits per heavy atom. The summed E-state index contributed by atoms with van der Waals surface area (Å²) in [5.74, 6) is 0. The van der Waals surface area contributed by atoms with E-state index in [1.807, 2.05) is 0 Å². The van der Waals surface area contributed by atoms with E-state index in [1.54, 1.807) is 0 Å². The number of hydrogen-bond donors (Lipinski definition) is 0. The Balaban J connectivity index is 0.861. The summed E-state index contributed by atoms with van der Waals surface area (Å²) < 4.78 is 2.51. The molecule has 2 heteroatoms. The van der Waals surface area contributed by atoms with Gasteiger partial charge in [-0.3, -0.25) is 0 Å². The average Bonchev–Trinajstić information content (AvgIpc) is 1.51. The van der Waals surface area contributed by atoms with E-state index >= 15 is 0 Å². The van der Waals surface area contributed by atoms with Crippen LogP contribution in [-0.4, -0.2) is 4.57 Å². The molecule has 18 rings (SSSR count). The van der Waals surface area contributed by atoms with Gasteiger partial charge in [-0.1, -0.05) is 269 Å². The van der Waals surface area contributed by atoms with Crippen molar-refractivity contribution in [3.63, 3.8) is 0 Å². The molecule has 402 valence electrons. The van der Waals surface area contributed by atoms with Gasteiger partial charge in [0.25, 0.3) is 0 Å². The molecule has 0 N–H and O–H groups in total. The maximum absolute atomic E-state index is 2.60. The smallest absolute Gasteiger partial charge is 0.0726 e. The fraction of sp³-hybridized carbons (Fsp3) is 0.0476. The standard InChI is InChI=1S/C84H56N2/c1-83(2)70-36-17-13-29-62(70)65-45-44-56(52-75(65)83)85(80-42-22-40-74-82(80)68-34-16-20-39-73(68)84(74)71-37-18-14-30-63(71)64-31-15-19-38-72(64)84)76-49-46-60(58-27-9-11-32-66(58)76)61-47-50-77(67-33-12-10-28-59(61)67)86-78-48-43-55(53-23-5-3-6-24-53)51-69(78)81-57(35-21-41-79(81)86)54-25-7-4-8-26-54/h3-52H,1-2H3. The van der Waals surface area contributed by atoms with Crippen molar-refractivity contribution >= 4 is 60.4 Å². The molecule has 86 heavy (non-hydrogen) atoms. The first-order valence-electron chi connectivity index (χ1n) is 30.2. The van der Waals surface area contributed by atoms with Crippen molar-refractivity contribution in [1.82, 2.24) is 4.57 Å². The molecule has 15 aromatic rings. The van der Waals surface area contributed by atoms with E-state index in [0.717, 1.165) is 22.7 Å². The van der Waals surface area contributed by atoms with Crippen molar-refractivity contribution < 1.29 is 0 Å². The molecule has 3 aliphatic carbocycles. The van der Waals surface area contributed by atoms with Crippen LogP contribution in [0.15, 0.2) is 303 Å². The highest BCUT2D eigenvalue weighted by molar-refractivity contribution is 6.19. The Hall–Kier alpha value is -10.8. The van der Waals surface area contributed by atoms with Crippen LogP contribution in [0.25, 0.3) is 116 Å². The summed E-state index contributed by atoms with van der Waals surface area (Å²) in [4.78, 5) is 2.60. The Morgan fingerprint density at radius 1 is 0.279 bits per heavy atom. The SMILES string of the molecule is CC1(C)c2ccccc2-c2ccc(N(c3cccc4c3-c3ccccc3C43c4ccccc4-c4ccccc43)c3ccc(-c4ccc(-n5c6ccc(-c7ccccc7)cc6c6c(-c7ccccc7)cccc65)c5ccccc45)c4ccccc34)cc21. The summed E-state index contributed by atoms with van der Waals surface area (Å²) in [6.07, 6.45) is 0. The molecule has 14 aromatic carbocycles. The van der Waals surface area contributed by atoms with Crippen LogP contribution in [0.2, 0.25) is 0 Å². The molecule has 0 unspecified atom stereocenters. The van der Waals surface area contributed by atoms with Crippen LogP contribution < -0.4 is 4.90 Å². The largest absolute Gasteiger partial charge is 0.309 e. The fourth-order valence-corrected chi connectivity index (χ4v) is 16.0. The minimum Gasteiger partial charge on any atom is -0.309 e. The third-order valence-corrected chi connectivity index (χ3v) is 19.6. The molecule has 2 nitrogen and oxygen atoms in total. The van der Waals surface area contributed by atoms with Crippen molar-refractivity contribution in [3.05, 3.63) is 337 Å². The maximum atomic E-state index is 2.60. The molecule has 1 heterocycles. The van der Waals surface area contributed by atoms with Crippen LogP contribution in [0, 0.1) is 0 Å². The summed E-state index contributed by atoms with van der Waals surface area (Å²) >= 11 is 0. The summed E-state index contributed by atoms with van der Waals surface area (Å²) in [6, 6.07) is 114. The van der Waals surface area contributed by atoms with Crippen LogP contribution in [0.5, 0.6) is 0 Å². The molecular formula is C84H56N2. The van der Waals surface area contributed by atoms with Crippen molar-refractivity contribution in [2.75, 3.05) is 4.90 Å². The maximum Gasteiger partial charge on any atom is 0.0726 e. The fourth-order valence-electron chi connectivity index (χ4n) is 16.0. The Morgan fingerprint density at radius 3 is 1.50 bits per heavy atom. The Bertz CT molecular complexity index is 5290. The van der Waals surface area contributed by atoms with E-state index in [0.29, 0.717) is 0 Å². The van der Waals surface area contributed by atoms with Gasteiger partial charge in [0.05, 0.1) is 33.5 Å². The minimum atomic E-state index is -0.490. The second kappa shape index (κ2) is 18.3. The van der Waals surface area contributed by atoms with Crippen molar-refractivity contribution in [2.45, 2.75) is 24.7 Å². The van der Waals surface area contributed by atoms with Gasteiger partial charge >= 0.3 is 0 Å². The first-order chi connectivity index (χ1) is 42.5. The number of aromatic nitrogens is 1. The highest BCUT2D eigenvalue weighted by Gasteiger charge is 2.52. The van der Waals surface area contributed by atoms with Gasteiger partial charge in [-0.15, -0.1) is 0 Å². The molecule has 0 saturated carbocycles. The summed E-state index contributed by atoms with van der Waals surface area (Å²) in [5, 5.41) is 7.26. The molecule has 0 fully saturated rings. The molecule has 0 aliphatic heterocycles. The lowest BCUT2D eigenvalue weighted by atomic mass is 9.70. The van der Waals surface area contributed by atoms with E-state index in [1.165, 1.54) is 143 Å². The van der Waals surface area contributed by atoms with Gasteiger partial charge in [-0.2, -0.15) is 0 Å². The Kier molecular flexibility index (Phi) is 10.4. The monoisotopic (exact) mass is 1090 g/mol. The van der Waals surface area contributed by atoms with Gasteiger partial charge in [0.15, 0.2) is 0 Å². The van der Waals surface area contributed by atoms with Gasteiger partial charge in [0.2, 0.25) is 0 Å². The van der Waals surface area contributed by atoms with E-state index in [-0.39, 0.29) is 5.41 Å². The third kappa shape index (κ3) is 6.67. The van der Waals surface area contributed by atoms with Gasteiger partial charge in [0.1, 0.15) is 0 Å². The van der Waals surface area contributed by atoms with Gasteiger partial charge in [0, 0.05) is 38.2 Å². The zero-order chi connectivity index (χ0) is 56.8.